The summed E-state index contributed by atoms with van der Waals surface area (Å²) in [5, 5.41) is 10.5. The van der Waals surface area contributed by atoms with Gasteiger partial charge in [-0.2, -0.15) is 13.2 Å². The lowest BCUT2D eigenvalue weighted by Gasteiger charge is -2.29. The van der Waals surface area contributed by atoms with Gasteiger partial charge in [0, 0.05) is 0 Å². The van der Waals surface area contributed by atoms with Crippen molar-refractivity contribution < 1.29 is 37.4 Å². The second kappa shape index (κ2) is 12.9. The van der Waals surface area contributed by atoms with E-state index in [0.29, 0.717) is 0 Å². The summed E-state index contributed by atoms with van der Waals surface area (Å²) in [5.74, 6) is -0.740. The number of hydrogen-bond donors (Lipinski definition) is 4. The number of carboxylic acid groups (broad SMARTS) is 1. The first-order chi connectivity index (χ1) is 10.1. The molecule has 0 bridgehead atoms. The Labute approximate surface area is 128 Å². The van der Waals surface area contributed by atoms with Gasteiger partial charge in [-0.05, 0) is 37.8 Å². The quantitative estimate of drug-likeness (QED) is 0.582. The first kappa shape index (κ1) is 23.6. The van der Waals surface area contributed by atoms with Crippen molar-refractivity contribution in [1.29, 1.82) is 0 Å². The Morgan fingerprint density at radius 3 is 1.77 bits per heavy atom. The third kappa shape index (κ3) is 14.3. The van der Waals surface area contributed by atoms with Gasteiger partial charge in [0.05, 0.1) is 0 Å². The van der Waals surface area contributed by atoms with Crippen molar-refractivity contribution in [3.8, 4) is 0 Å². The van der Waals surface area contributed by atoms with E-state index in [9.17, 15) is 13.2 Å². The second-order valence-corrected chi connectivity index (χ2v) is 5.31. The van der Waals surface area contributed by atoms with Crippen LogP contribution in [0.1, 0.15) is 39.5 Å². The van der Waals surface area contributed by atoms with Crippen LogP contribution in [-0.2, 0) is 9.36 Å². The Hall–Kier alpha value is -0.630. The van der Waals surface area contributed by atoms with E-state index in [1.54, 1.807) is 0 Å². The van der Waals surface area contributed by atoms with Gasteiger partial charge in [0.2, 0.25) is 0 Å². The summed E-state index contributed by atoms with van der Waals surface area (Å²) < 4.78 is 40.5. The van der Waals surface area contributed by atoms with E-state index in [-0.39, 0.29) is 0 Å². The molecule has 0 spiro atoms. The molecule has 0 atom stereocenters. The highest BCUT2D eigenvalue weighted by molar-refractivity contribution is 7.30. The highest BCUT2D eigenvalue weighted by Crippen LogP contribution is 2.26. The second-order valence-electron chi connectivity index (χ2n) is 4.75. The van der Waals surface area contributed by atoms with E-state index < -0.39 is 20.4 Å². The van der Waals surface area contributed by atoms with Crippen LogP contribution in [0.3, 0.4) is 0 Å². The summed E-state index contributed by atoms with van der Waals surface area (Å²) in [5.41, 5.74) is 0. The standard InChI is InChI=1S/C10H21N.C2HF3O2.H3O3P/c1-3-9(4-2)10-5-7-11-8-6-10;3-2(4,5)1(6)7;1-4(2)3/h9-11H,3-8H2,1-2H3;(H,6,7);4H,(H2,1,2,3). The van der Waals surface area contributed by atoms with Crippen LogP contribution >= 0.6 is 8.25 Å². The maximum absolute atomic E-state index is 10.6. The number of hydrogen-bond acceptors (Lipinski definition) is 3. The molecule has 0 aromatic heterocycles. The van der Waals surface area contributed by atoms with E-state index in [4.69, 9.17) is 24.3 Å². The van der Waals surface area contributed by atoms with Crippen LogP contribution in [-0.4, -0.2) is 40.1 Å². The van der Waals surface area contributed by atoms with Crippen LogP contribution in [0.5, 0.6) is 0 Å². The topological polar surface area (TPSA) is 107 Å². The van der Waals surface area contributed by atoms with Gasteiger partial charge in [-0.3, -0.25) is 4.57 Å². The number of alkyl halides is 3. The monoisotopic (exact) mass is 351 g/mol. The first-order valence-corrected chi connectivity index (χ1v) is 8.29. The van der Waals surface area contributed by atoms with Crippen LogP contribution in [0.4, 0.5) is 13.2 Å². The molecule has 134 valence electrons. The van der Waals surface area contributed by atoms with Crippen LogP contribution in [0, 0.1) is 11.8 Å². The lowest BCUT2D eigenvalue weighted by Crippen LogP contribution is -2.31. The molecule has 10 heteroatoms. The molecular formula is C12H25F3NO5P. The van der Waals surface area contributed by atoms with Crippen molar-refractivity contribution in [1.82, 2.24) is 5.32 Å². The van der Waals surface area contributed by atoms with Gasteiger partial charge < -0.3 is 20.2 Å². The summed E-state index contributed by atoms with van der Waals surface area (Å²) in [6, 6.07) is 0. The van der Waals surface area contributed by atoms with Crippen molar-refractivity contribution in [3.63, 3.8) is 0 Å². The molecule has 22 heavy (non-hydrogen) atoms. The Balaban J connectivity index is 0. The molecule has 0 aromatic rings. The summed E-state index contributed by atoms with van der Waals surface area (Å²) >= 11 is 0. The van der Waals surface area contributed by atoms with Crippen molar-refractivity contribution in [2.24, 2.45) is 11.8 Å². The maximum atomic E-state index is 10.6. The van der Waals surface area contributed by atoms with Gasteiger partial charge in [0.15, 0.2) is 0 Å². The minimum absolute atomic E-state index is 0.997. The van der Waals surface area contributed by atoms with Crippen LogP contribution in [0.25, 0.3) is 0 Å². The summed E-state index contributed by atoms with van der Waals surface area (Å²) in [4.78, 5) is 23.2. The normalized spacial score (nSPS) is 15.7. The van der Waals surface area contributed by atoms with Crippen molar-refractivity contribution >= 4 is 14.2 Å². The number of rotatable bonds is 3. The maximum Gasteiger partial charge on any atom is 0.490 e. The summed E-state index contributed by atoms with van der Waals surface area (Å²) in [7, 11) is -3.13. The molecule has 0 radical (unpaired) electrons. The molecule has 0 amide bonds. The third-order valence-electron chi connectivity index (χ3n) is 3.34. The molecule has 0 aromatic carbocycles. The van der Waals surface area contributed by atoms with E-state index >= 15 is 0 Å². The average molecular weight is 351 g/mol. The molecule has 1 aliphatic rings. The Kier molecular flexibility index (Phi) is 13.8. The molecule has 0 unspecified atom stereocenters. The molecule has 1 saturated heterocycles. The molecule has 4 N–H and O–H groups in total. The summed E-state index contributed by atoms with van der Waals surface area (Å²) in [6.45, 7) is 7.16. The smallest absolute Gasteiger partial charge is 0.475 e. The fraction of sp³-hybridized carbons (Fsp3) is 0.917. The Morgan fingerprint density at radius 2 is 1.55 bits per heavy atom. The van der Waals surface area contributed by atoms with Gasteiger partial charge >= 0.3 is 20.4 Å². The Bertz CT molecular complexity index is 314. The fourth-order valence-corrected chi connectivity index (χ4v) is 2.27. The lowest BCUT2D eigenvalue weighted by molar-refractivity contribution is -0.192. The minimum Gasteiger partial charge on any atom is -0.475 e. The SMILES string of the molecule is CCC(CC)C1CCNCC1.O=C(O)C(F)(F)F.O=[PH](O)O. The highest BCUT2D eigenvalue weighted by atomic mass is 31.1. The molecule has 0 aliphatic carbocycles. The number of carboxylic acids is 1. The third-order valence-corrected chi connectivity index (χ3v) is 3.34. The van der Waals surface area contributed by atoms with Crippen molar-refractivity contribution in [2.45, 2.75) is 45.7 Å². The zero-order chi connectivity index (χ0) is 17.8. The number of piperidine rings is 1. The van der Waals surface area contributed by atoms with E-state index in [1.807, 2.05) is 0 Å². The number of carbonyl (C=O) groups is 1. The Morgan fingerprint density at radius 1 is 1.23 bits per heavy atom. The van der Waals surface area contributed by atoms with Crippen molar-refractivity contribution in [2.75, 3.05) is 13.1 Å². The molecule has 1 aliphatic heterocycles. The van der Waals surface area contributed by atoms with Gasteiger partial charge in [-0.25, -0.2) is 4.79 Å². The van der Waals surface area contributed by atoms with Gasteiger partial charge in [0.25, 0.3) is 0 Å². The molecular weight excluding hydrogens is 326 g/mol. The summed E-state index contributed by atoms with van der Waals surface area (Å²) in [6.07, 6.45) is 0.487. The van der Waals surface area contributed by atoms with E-state index in [0.717, 1.165) is 11.8 Å². The van der Waals surface area contributed by atoms with Crippen LogP contribution in [0.2, 0.25) is 0 Å². The lowest BCUT2D eigenvalue weighted by atomic mass is 9.82. The first-order valence-electron chi connectivity index (χ1n) is 6.98. The van der Waals surface area contributed by atoms with E-state index in [1.165, 1.54) is 38.8 Å². The average Bonchev–Trinajstić information content (AvgIpc) is 2.40. The number of halogens is 3. The largest absolute Gasteiger partial charge is 0.490 e. The molecule has 1 rings (SSSR count). The van der Waals surface area contributed by atoms with Gasteiger partial charge in [-0.15, -0.1) is 0 Å². The zero-order valence-corrected chi connectivity index (χ0v) is 13.7. The molecule has 6 nitrogen and oxygen atoms in total. The van der Waals surface area contributed by atoms with Crippen LogP contribution in [0.15, 0.2) is 0 Å². The number of aliphatic carboxylic acids is 1. The zero-order valence-electron chi connectivity index (χ0n) is 12.7. The fourth-order valence-electron chi connectivity index (χ4n) is 2.27. The highest BCUT2D eigenvalue weighted by Gasteiger charge is 2.38. The predicted octanol–water partition coefficient (Wildman–Crippen LogP) is 2.42. The molecule has 0 saturated carbocycles. The van der Waals surface area contributed by atoms with Gasteiger partial charge in [0.1, 0.15) is 0 Å². The molecule has 1 fully saturated rings. The van der Waals surface area contributed by atoms with Gasteiger partial charge in [-0.1, -0.05) is 26.7 Å². The van der Waals surface area contributed by atoms with Crippen molar-refractivity contribution in [3.05, 3.63) is 0 Å². The van der Waals surface area contributed by atoms with Crippen LogP contribution < -0.4 is 5.32 Å². The minimum atomic E-state index is -5.08. The molecule has 1 heterocycles. The van der Waals surface area contributed by atoms with E-state index in [2.05, 4.69) is 19.2 Å². The number of nitrogens with one attached hydrogen (secondary N) is 1. The predicted molar refractivity (Wildman–Crippen MR) is 76.8 cm³/mol.